The fraction of sp³-hybridized carbons (Fsp3) is 0.333. The van der Waals surface area contributed by atoms with Gasteiger partial charge in [0.2, 0.25) is 0 Å². The van der Waals surface area contributed by atoms with Crippen LogP contribution in [0.2, 0.25) is 0 Å². The van der Waals surface area contributed by atoms with Gasteiger partial charge < -0.3 is 10.0 Å². The summed E-state index contributed by atoms with van der Waals surface area (Å²) < 4.78 is 0. The van der Waals surface area contributed by atoms with Crippen LogP contribution in [0.1, 0.15) is 6.92 Å². The fourth-order valence-corrected chi connectivity index (χ4v) is 0.926. The standard InChI is InChI=1S/C9H12N2O2/c1-7(9(12)13)11(2)8-5-3-4-6-10-8/h3-7H,1-2H3,(H,12,13)/t7-/m0/s1. The molecule has 0 unspecified atom stereocenters. The number of nitrogens with zero attached hydrogens (tertiary/aromatic N) is 2. The summed E-state index contributed by atoms with van der Waals surface area (Å²) in [4.78, 5) is 16.3. The highest BCUT2D eigenvalue weighted by atomic mass is 16.4. The Kier molecular flexibility index (Phi) is 2.84. The zero-order chi connectivity index (χ0) is 9.84. The number of hydrogen-bond donors (Lipinski definition) is 1. The van der Waals surface area contributed by atoms with Crippen molar-refractivity contribution in [1.82, 2.24) is 4.98 Å². The van der Waals surface area contributed by atoms with Gasteiger partial charge in [0.1, 0.15) is 11.9 Å². The average Bonchev–Trinajstić information content (AvgIpc) is 2.17. The van der Waals surface area contributed by atoms with Crippen LogP contribution in [-0.2, 0) is 4.79 Å². The number of anilines is 1. The number of pyridine rings is 1. The molecule has 0 aliphatic heterocycles. The molecule has 4 heteroatoms. The molecule has 0 saturated carbocycles. The average molecular weight is 180 g/mol. The second-order valence-electron chi connectivity index (χ2n) is 2.81. The van der Waals surface area contributed by atoms with Crippen molar-refractivity contribution in [2.75, 3.05) is 11.9 Å². The van der Waals surface area contributed by atoms with Gasteiger partial charge in [-0.15, -0.1) is 0 Å². The maximum absolute atomic E-state index is 10.6. The molecule has 0 spiro atoms. The zero-order valence-electron chi connectivity index (χ0n) is 7.64. The highest BCUT2D eigenvalue weighted by Crippen LogP contribution is 2.09. The van der Waals surface area contributed by atoms with Crippen molar-refractivity contribution in [3.8, 4) is 0 Å². The van der Waals surface area contributed by atoms with E-state index in [1.165, 1.54) is 0 Å². The Bertz CT molecular complexity index is 287. The monoisotopic (exact) mass is 180 g/mol. The molecule has 0 aliphatic rings. The minimum atomic E-state index is -0.854. The van der Waals surface area contributed by atoms with E-state index in [0.717, 1.165) is 0 Å². The van der Waals surface area contributed by atoms with E-state index in [9.17, 15) is 4.79 Å². The number of hydrogen-bond acceptors (Lipinski definition) is 3. The van der Waals surface area contributed by atoms with Gasteiger partial charge >= 0.3 is 5.97 Å². The van der Waals surface area contributed by atoms with Gasteiger partial charge in [-0.25, -0.2) is 9.78 Å². The van der Waals surface area contributed by atoms with Crippen molar-refractivity contribution in [2.24, 2.45) is 0 Å². The molecule has 4 nitrogen and oxygen atoms in total. The maximum atomic E-state index is 10.6. The van der Waals surface area contributed by atoms with Gasteiger partial charge in [-0.2, -0.15) is 0 Å². The molecule has 0 bridgehead atoms. The van der Waals surface area contributed by atoms with Crippen LogP contribution in [0.4, 0.5) is 5.82 Å². The predicted molar refractivity (Wildman–Crippen MR) is 49.7 cm³/mol. The van der Waals surface area contributed by atoms with Crippen LogP contribution >= 0.6 is 0 Å². The van der Waals surface area contributed by atoms with Crippen molar-refractivity contribution >= 4 is 11.8 Å². The van der Waals surface area contributed by atoms with Gasteiger partial charge in [0.25, 0.3) is 0 Å². The number of aliphatic carboxylic acids is 1. The lowest BCUT2D eigenvalue weighted by atomic mass is 10.3. The highest BCUT2D eigenvalue weighted by Gasteiger charge is 2.17. The summed E-state index contributed by atoms with van der Waals surface area (Å²) in [6.45, 7) is 1.62. The van der Waals surface area contributed by atoms with Crippen molar-refractivity contribution in [3.63, 3.8) is 0 Å². The maximum Gasteiger partial charge on any atom is 0.326 e. The van der Waals surface area contributed by atoms with Crippen molar-refractivity contribution in [3.05, 3.63) is 24.4 Å². The summed E-state index contributed by atoms with van der Waals surface area (Å²) in [5, 5.41) is 8.74. The molecule has 0 amide bonds. The first kappa shape index (κ1) is 9.51. The van der Waals surface area contributed by atoms with Gasteiger partial charge in [-0.1, -0.05) is 6.07 Å². The SMILES string of the molecule is C[C@@H](C(=O)O)N(C)c1ccccn1. The Hall–Kier alpha value is -1.58. The summed E-state index contributed by atoms with van der Waals surface area (Å²) in [6, 6.07) is 4.84. The second kappa shape index (κ2) is 3.89. The first-order valence-corrected chi connectivity index (χ1v) is 3.99. The lowest BCUT2D eigenvalue weighted by Gasteiger charge is -2.21. The smallest absolute Gasteiger partial charge is 0.326 e. The van der Waals surface area contributed by atoms with E-state index in [-0.39, 0.29) is 0 Å². The summed E-state index contributed by atoms with van der Waals surface area (Å²) in [7, 11) is 1.71. The third-order valence-corrected chi connectivity index (χ3v) is 1.95. The molecule has 1 aromatic heterocycles. The van der Waals surface area contributed by atoms with Crippen LogP contribution in [-0.4, -0.2) is 29.1 Å². The highest BCUT2D eigenvalue weighted by molar-refractivity contribution is 5.76. The normalized spacial score (nSPS) is 12.2. The Balaban J connectivity index is 2.79. The first-order chi connectivity index (χ1) is 6.13. The Labute approximate surface area is 76.8 Å². The Morgan fingerprint density at radius 1 is 1.62 bits per heavy atom. The van der Waals surface area contributed by atoms with Crippen LogP contribution in [0, 0.1) is 0 Å². The molecule has 1 rings (SSSR count). The van der Waals surface area contributed by atoms with E-state index < -0.39 is 12.0 Å². The number of likely N-dealkylation sites (N-methyl/N-ethyl adjacent to an activating group) is 1. The van der Waals surface area contributed by atoms with Crippen LogP contribution in [0.5, 0.6) is 0 Å². The van der Waals surface area contributed by atoms with E-state index in [0.29, 0.717) is 5.82 Å². The molecule has 13 heavy (non-hydrogen) atoms. The van der Waals surface area contributed by atoms with E-state index in [2.05, 4.69) is 4.98 Å². The Morgan fingerprint density at radius 3 is 2.77 bits per heavy atom. The number of rotatable bonds is 3. The summed E-state index contributed by atoms with van der Waals surface area (Å²) in [6.07, 6.45) is 1.64. The van der Waals surface area contributed by atoms with Crippen molar-refractivity contribution in [2.45, 2.75) is 13.0 Å². The Morgan fingerprint density at radius 2 is 2.31 bits per heavy atom. The molecule has 1 atom stereocenters. The first-order valence-electron chi connectivity index (χ1n) is 3.99. The van der Waals surface area contributed by atoms with Gasteiger partial charge in [-0.05, 0) is 19.1 Å². The quantitative estimate of drug-likeness (QED) is 0.753. The molecule has 0 fully saturated rings. The minimum Gasteiger partial charge on any atom is -0.480 e. The molecule has 1 aromatic rings. The third-order valence-electron chi connectivity index (χ3n) is 1.95. The predicted octanol–water partition coefficient (Wildman–Crippen LogP) is 0.991. The number of carboxylic acid groups (broad SMARTS) is 1. The third kappa shape index (κ3) is 2.18. The van der Waals surface area contributed by atoms with Gasteiger partial charge in [-0.3, -0.25) is 0 Å². The topological polar surface area (TPSA) is 53.4 Å². The molecule has 0 aromatic carbocycles. The summed E-state index contributed by atoms with van der Waals surface area (Å²) >= 11 is 0. The lowest BCUT2D eigenvalue weighted by Crippen LogP contribution is -2.36. The number of carboxylic acids is 1. The summed E-state index contributed by atoms with van der Waals surface area (Å²) in [5.41, 5.74) is 0. The van der Waals surface area contributed by atoms with E-state index >= 15 is 0 Å². The molecule has 1 N–H and O–H groups in total. The summed E-state index contributed by atoms with van der Waals surface area (Å²) in [5.74, 6) is -0.189. The van der Waals surface area contributed by atoms with Crippen LogP contribution < -0.4 is 4.90 Å². The van der Waals surface area contributed by atoms with Crippen LogP contribution in [0.3, 0.4) is 0 Å². The molecule has 0 aliphatic carbocycles. The van der Waals surface area contributed by atoms with E-state index in [1.54, 1.807) is 37.2 Å². The van der Waals surface area contributed by atoms with Gasteiger partial charge in [0.05, 0.1) is 0 Å². The number of aromatic nitrogens is 1. The minimum absolute atomic E-state index is 0.560. The second-order valence-corrected chi connectivity index (χ2v) is 2.81. The molecule has 0 saturated heterocycles. The molecule has 0 radical (unpaired) electrons. The molecular formula is C9H12N2O2. The van der Waals surface area contributed by atoms with Crippen molar-refractivity contribution in [1.29, 1.82) is 0 Å². The van der Waals surface area contributed by atoms with Crippen LogP contribution in [0.15, 0.2) is 24.4 Å². The molecule has 1 heterocycles. The number of carbonyl (C=O) groups is 1. The molecule has 70 valence electrons. The molecular weight excluding hydrogens is 168 g/mol. The van der Waals surface area contributed by atoms with Gasteiger partial charge in [0.15, 0.2) is 0 Å². The largest absolute Gasteiger partial charge is 0.480 e. The zero-order valence-corrected chi connectivity index (χ0v) is 7.64. The van der Waals surface area contributed by atoms with Gasteiger partial charge in [0, 0.05) is 13.2 Å². The van der Waals surface area contributed by atoms with Crippen LogP contribution in [0.25, 0.3) is 0 Å². The van der Waals surface area contributed by atoms with E-state index in [4.69, 9.17) is 5.11 Å². The fourth-order valence-electron chi connectivity index (χ4n) is 0.926. The van der Waals surface area contributed by atoms with E-state index in [1.807, 2.05) is 6.07 Å². The lowest BCUT2D eigenvalue weighted by molar-refractivity contribution is -0.138. The van der Waals surface area contributed by atoms with Crippen molar-refractivity contribution < 1.29 is 9.90 Å².